The van der Waals surface area contributed by atoms with Gasteiger partial charge in [-0.25, -0.2) is 0 Å². The summed E-state index contributed by atoms with van der Waals surface area (Å²) in [5.41, 5.74) is 0. The predicted molar refractivity (Wildman–Crippen MR) is 49.2 cm³/mol. The molecule has 2 nitrogen and oxygen atoms in total. The highest BCUT2D eigenvalue weighted by Crippen LogP contribution is 2.27. The summed E-state index contributed by atoms with van der Waals surface area (Å²) < 4.78 is 11.0. The number of hydrogen-bond donors (Lipinski definition) is 0. The van der Waals surface area contributed by atoms with E-state index in [4.69, 9.17) is 9.47 Å². The molecule has 0 aromatic carbocycles. The van der Waals surface area contributed by atoms with E-state index in [-0.39, 0.29) is 0 Å². The lowest BCUT2D eigenvalue weighted by Crippen LogP contribution is -2.31. The van der Waals surface area contributed by atoms with Crippen LogP contribution in [0, 0.1) is 5.92 Å². The summed E-state index contributed by atoms with van der Waals surface area (Å²) in [6, 6.07) is 0. The third-order valence-electron chi connectivity index (χ3n) is 2.59. The van der Waals surface area contributed by atoms with E-state index in [1.54, 1.807) is 7.11 Å². The molecule has 12 heavy (non-hydrogen) atoms. The van der Waals surface area contributed by atoms with E-state index in [0.29, 0.717) is 12.2 Å². The quantitative estimate of drug-likeness (QED) is 0.650. The average molecular weight is 172 g/mol. The van der Waals surface area contributed by atoms with E-state index < -0.39 is 0 Å². The normalized spacial score (nSPS) is 36.8. The van der Waals surface area contributed by atoms with Crippen LogP contribution in [-0.4, -0.2) is 25.9 Å². The first-order chi connectivity index (χ1) is 5.76. The van der Waals surface area contributed by atoms with Crippen molar-refractivity contribution in [3.05, 3.63) is 0 Å². The minimum Gasteiger partial charge on any atom is -0.381 e. The third kappa shape index (κ3) is 2.76. The van der Waals surface area contributed by atoms with Gasteiger partial charge in [-0.1, -0.05) is 6.92 Å². The molecule has 3 unspecified atom stereocenters. The second kappa shape index (κ2) is 4.83. The molecule has 0 aromatic heterocycles. The summed E-state index contributed by atoms with van der Waals surface area (Å²) in [7, 11) is 1.80. The predicted octanol–water partition coefficient (Wildman–Crippen LogP) is 2.23. The van der Waals surface area contributed by atoms with Gasteiger partial charge in [-0.2, -0.15) is 0 Å². The fourth-order valence-corrected chi connectivity index (χ4v) is 2.04. The number of hydrogen-bond acceptors (Lipinski definition) is 2. The third-order valence-corrected chi connectivity index (χ3v) is 2.59. The molecule has 0 spiro atoms. The Bertz CT molecular complexity index is 125. The first kappa shape index (κ1) is 10.0. The molecule has 1 rings (SSSR count). The molecule has 0 heterocycles. The molecule has 0 amide bonds. The van der Waals surface area contributed by atoms with Crippen molar-refractivity contribution in [1.82, 2.24) is 0 Å². The fourth-order valence-electron chi connectivity index (χ4n) is 2.04. The maximum absolute atomic E-state index is 5.61. The molecular weight excluding hydrogens is 152 g/mol. The van der Waals surface area contributed by atoms with Gasteiger partial charge in [0.2, 0.25) is 0 Å². The Labute approximate surface area is 75.2 Å². The van der Waals surface area contributed by atoms with Gasteiger partial charge in [0.05, 0.1) is 12.2 Å². The Morgan fingerprint density at radius 2 is 1.83 bits per heavy atom. The van der Waals surface area contributed by atoms with E-state index in [2.05, 4.69) is 13.8 Å². The van der Waals surface area contributed by atoms with Crippen molar-refractivity contribution in [3.63, 3.8) is 0 Å². The van der Waals surface area contributed by atoms with Crippen molar-refractivity contribution in [2.75, 3.05) is 13.7 Å². The molecule has 0 aromatic rings. The van der Waals surface area contributed by atoms with Gasteiger partial charge in [-0.05, 0) is 32.1 Å². The maximum Gasteiger partial charge on any atom is 0.0602 e. The molecule has 1 saturated carbocycles. The van der Waals surface area contributed by atoms with E-state index >= 15 is 0 Å². The molecule has 0 saturated heterocycles. The van der Waals surface area contributed by atoms with E-state index in [1.165, 1.54) is 12.8 Å². The lowest BCUT2D eigenvalue weighted by Gasteiger charge is -2.32. The lowest BCUT2D eigenvalue weighted by molar-refractivity contribution is -0.0408. The van der Waals surface area contributed by atoms with Gasteiger partial charge in [0.25, 0.3) is 0 Å². The van der Waals surface area contributed by atoms with Crippen molar-refractivity contribution >= 4 is 0 Å². The molecule has 3 atom stereocenters. The largest absolute Gasteiger partial charge is 0.381 e. The Morgan fingerprint density at radius 1 is 1.17 bits per heavy atom. The van der Waals surface area contributed by atoms with Crippen molar-refractivity contribution in [3.8, 4) is 0 Å². The zero-order valence-electron chi connectivity index (χ0n) is 8.38. The highest BCUT2D eigenvalue weighted by atomic mass is 16.5. The van der Waals surface area contributed by atoms with Gasteiger partial charge in [0, 0.05) is 13.7 Å². The minimum atomic E-state index is 0.422. The van der Waals surface area contributed by atoms with Crippen LogP contribution in [-0.2, 0) is 9.47 Å². The molecule has 0 N–H and O–H groups in total. The monoisotopic (exact) mass is 172 g/mol. The molecule has 0 bridgehead atoms. The molecule has 1 fully saturated rings. The molecular formula is C10H20O2. The van der Waals surface area contributed by atoms with Gasteiger partial charge in [-0.15, -0.1) is 0 Å². The van der Waals surface area contributed by atoms with Gasteiger partial charge in [0.15, 0.2) is 0 Å². The van der Waals surface area contributed by atoms with Gasteiger partial charge in [-0.3, -0.25) is 0 Å². The number of rotatable bonds is 3. The lowest BCUT2D eigenvalue weighted by atomic mass is 9.86. The van der Waals surface area contributed by atoms with Gasteiger partial charge in [0.1, 0.15) is 0 Å². The van der Waals surface area contributed by atoms with E-state index in [1.807, 2.05) is 0 Å². The maximum atomic E-state index is 5.61. The smallest absolute Gasteiger partial charge is 0.0602 e. The summed E-state index contributed by atoms with van der Waals surface area (Å²) in [5, 5.41) is 0. The van der Waals surface area contributed by atoms with Crippen LogP contribution in [0.5, 0.6) is 0 Å². The first-order valence-electron chi connectivity index (χ1n) is 4.90. The van der Waals surface area contributed by atoms with Gasteiger partial charge < -0.3 is 9.47 Å². The van der Waals surface area contributed by atoms with Crippen LogP contribution < -0.4 is 0 Å². The van der Waals surface area contributed by atoms with E-state index in [0.717, 1.165) is 18.9 Å². The van der Waals surface area contributed by atoms with Crippen molar-refractivity contribution in [1.29, 1.82) is 0 Å². The Morgan fingerprint density at radius 3 is 2.42 bits per heavy atom. The topological polar surface area (TPSA) is 18.5 Å². The molecule has 2 heteroatoms. The Balaban J connectivity index is 2.34. The Hall–Kier alpha value is -0.0800. The zero-order chi connectivity index (χ0) is 8.97. The molecule has 0 radical (unpaired) electrons. The van der Waals surface area contributed by atoms with Crippen molar-refractivity contribution < 1.29 is 9.47 Å². The fraction of sp³-hybridized carbons (Fsp3) is 1.00. The number of methoxy groups -OCH3 is 1. The Kier molecular flexibility index (Phi) is 4.02. The highest BCUT2D eigenvalue weighted by molar-refractivity contribution is 4.77. The van der Waals surface area contributed by atoms with E-state index in [9.17, 15) is 0 Å². The standard InChI is InChI=1S/C10H20O2/c1-4-12-10-6-8(2)5-9(7-10)11-3/h8-10H,4-7H2,1-3H3. The first-order valence-corrected chi connectivity index (χ1v) is 4.90. The van der Waals surface area contributed by atoms with Crippen molar-refractivity contribution in [2.45, 2.75) is 45.3 Å². The average Bonchev–Trinajstić information content (AvgIpc) is 2.04. The summed E-state index contributed by atoms with van der Waals surface area (Å²) >= 11 is 0. The summed E-state index contributed by atoms with van der Waals surface area (Å²) in [6.45, 7) is 5.16. The minimum absolute atomic E-state index is 0.422. The number of ether oxygens (including phenoxy) is 2. The van der Waals surface area contributed by atoms with Crippen LogP contribution in [0.3, 0.4) is 0 Å². The summed E-state index contributed by atoms with van der Waals surface area (Å²) in [6.07, 6.45) is 4.33. The van der Waals surface area contributed by atoms with Crippen LogP contribution in [0.4, 0.5) is 0 Å². The second-order valence-electron chi connectivity index (χ2n) is 3.75. The summed E-state index contributed by atoms with van der Waals surface area (Å²) in [4.78, 5) is 0. The van der Waals surface area contributed by atoms with Crippen LogP contribution in [0.25, 0.3) is 0 Å². The molecule has 1 aliphatic carbocycles. The van der Waals surface area contributed by atoms with Crippen LogP contribution in [0.1, 0.15) is 33.1 Å². The van der Waals surface area contributed by atoms with Crippen LogP contribution in [0.15, 0.2) is 0 Å². The zero-order valence-corrected chi connectivity index (χ0v) is 8.38. The van der Waals surface area contributed by atoms with Crippen LogP contribution >= 0.6 is 0 Å². The molecule has 1 aliphatic rings. The summed E-state index contributed by atoms with van der Waals surface area (Å²) in [5.74, 6) is 0.750. The molecule has 0 aliphatic heterocycles. The second-order valence-corrected chi connectivity index (χ2v) is 3.75. The highest BCUT2D eigenvalue weighted by Gasteiger charge is 2.26. The van der Waals surface area contributed by atoms with Gasteiger partial charge >= 0.3 is 0 Å². The molecule has 72 valence electrons. The van der Waals surface area contributed by atoms with Crippen molar-refractivity contribution in [2.24, 2.45) is 5.92 Å². The van der Waals surface area contributed by atoms with Crippen LogP contribution in [0.2, 0.25) is 0 Å². The SMILES string of the molecule is CCOC1CC(C)CC(OC)C1.